The summed E-state index contributed by atoms with van der Waals surface area (Å²) in [6, 6.07) is 8.00. The van der Waals surface area contributed by atoms with Gasteiger partial charge in [-0.25, -0.2) is 18.3 Å². The summed E-state index contributed by atoms with van der Waals surface area (Å²) >= 11 is 0. The second-order valence-corrected chi connectivity index (χ2v) is 10.2. The first-order valence-corrected chi connectivity index (χ1v) is 12.4. The molecule has 0 radical (unpaired) electrons. The third-order valence-electron chi connectivity index (χ3n) is 6.01. The summed E-state index contributed by atoms with van der Waals surface area (Å²) in [5, 5.41) is 16.6. The van der Waals surface area contributed by atoms with Crippen molar-refractivity contribution < 1.29 is 32.8 Å². The number of anilines is 1. The fourth-order valence-electron chi connectivity index (χ4n) is 4.18. The lowest BCUT2D eigenvalue weighted by atomic mass is 10.1. The minimum atomic E-state index is -1.10. The first-order valence-electron chi connectivity index (χ1n) is 12.4. The monoisotopic (exact) mass is 570 g/mol. The van der Waals surface area contributed by atoms with Crippen molar-refractivity contribution in [3.05, 3.63) is 82.6 Å². The molecule has 1 saturated heterocycles. The standard InChI is InChI=1S/C27H28F2N6O6/c1-5-12-33(18-14-32(15-18)26(37)41-27(2,3)4)25-23(35(38)39)22(24(30)36)34(31-25)17-7-9-19(10-8-17)40-21-13-16(28)6-11-20(21)29/h5-11,13,18H,1,12,14-15H2,2-4H3,(H2,30,36). The van der Waals surface area contributed by atoms with Gasteiger partial charge in [0.2, 0.25) is 11.5 Å². The number of hydrogen-bond acceptors (Lipinski definition) is 8. The molecule has 14 heteroatoms. The molecule has 1 aromatic heterocycles. The fourth-order valence-corrected chi connectivity index (χ4v) is 4.18. The number of primary amides is 1. The first kappa shape index (κ1) is 29.0. The number of carbonyl (C=O) groups excluding carboxylic acids is 2. The average molecular weight is 571 g/mol. The molecule has 12 nitrogen and oxygen atoms in total. The van der Waals surface area contributed by atoms with Crippen LogP contribution in [0.1, 0.15) is 31.3 Å². The van der Waals surface area contributed by atoms with E-state index in [9.17, 15) is 28.5 Å². The molecule has 0 aliphatic carbocycles. The molecule has 2 N–H and O–H groups in total. The largest absolute Gasteiger partial charge is 0.454 e. The Bertz CT molecular complexity index is 1500. The molecule has 0 saturated carbocycles. The van der Waals surface area contributed by atoms with E-state index in [-0.39, 0.29) is 48.7 Å². The number of ether oxygens (including phenoxy) is 2. The van der Waals surface area contributed by atoms with Crippen molar-refractivity contribution >= 4 is 23.5 Å². The Morgan fingerprint density at radius 1 is 1.22 bits per heavy atom. The zero-order valence-corrected chi connectivity index (χ0v) is 22.5. The van der Waals surface area contributed by atoms with E-state index in [1.807, 2.05) is 0 Å². The summed E-state index contributed by atoms with van der Waals surface area (Å²) in [5.74, 6) is -2.91. The van der Waals surface area contributed by atoms with Gasteiger partial charge in [0.1, 0.15) is 17.2 Å². The van der Waals surface area contributed by atoms with Crippen LogP contribution in [0.15, 0.2) is 55.1 Å². The zero-order valence-electron chi connectivity index (χ0n) is 22.5. The molecule has 216 valence electrons. The summed E-state index contributed by atoms with van der Waals surface area (Å²) in [6.07, 6.45) is 0.992. The van der Waals surface area contributed by atoms with Gasteiger partial charge in [-0.2, -0.15) is 0 Å². The summed E-state index contributed by atoms with van der Waals surface area (Å²) in [7, 11) is 0. The zero-order chi connectivity index (χ0) is 30.1. The van der Waals surface area contributed by atoms with Crippen molar-refractivity contribution in [2.75, 3.05) is 24.5 Å². The van der Waals surface area contributed by atoms with Crippen LogP contribution in [0.25, 0.3) is 5.69 Å². The van der Waals surface area contributed by atoms with Crippen molar-refractivity contribution in [1.29, 1.82) is 0 Å². The maximum atomic E-state index is 14.0. The first-order chi connectivity index (χ1) is 19.3. The van der Waals surface area contributed by atoms with Crippen LogP contribution in [-0.4, -0.2) is 62.9 Å². The maximum absolute atomic E-state index is 14.0. The quantitative estimate of drug-likeness (QED) is 0.224. The Balaban J connectivity index is 1.67. The van der Waals surface area contributed by atoms with Gasteiger partial charge in [-0.05, 0) is 57.2 Å². The van der Waals surface area contributed by atoms with E-state index < -0.39 is 45.5 Å². The van der Waals surface area contributed by atoms with Crippen molar-refractivity contribution in [1.82, 2.24) is 14.7 Å². The molecule has 1 fully saturated rings. The van der Waals surface area contributed by atoms with Gasteiger partial charge in [0, 0.05) is 25.7 Å². The van der Waals surface area contributed by atoms with Crippen molar-refractivity contribution in [2.45, 2.75) is 32.4 Å². The van der Waals surface area contributed by atoms with Crippen LogP contribution in [0.2, 0.25) is 0 Å². The Morgan fingerprint density at radius 3 is 2.44 bits per heavy atom. The molecule has 2 heterocycles. The Labute approximate surface area is 233 Å². The fraction of sp³-hybridized carbons (Fsp3) is 0.296. The van der Waals surface area contributed by atoms with Gasteiger partial charge in [-0.3, -0.25) is 14.9 Å². The van der Waals surface area contributed by atoms with Crippen LogP contribution < -0.4 is 15.4 Å². The predicted octanol–water partition coefficient (Wildman–Crippen LogP) is 4.56. The lowest BCUT2D eigenvalue weighted by molar-refractivity contribution is -0.384. The Morgan fingerprint density at radius 2 is 1.88 bits per heavy atom. The van der Waals surface area contributed by atoms with Gasteiger partial charge in [0.15, 0.2) is 11.6 Å². The van der Waals surface area contributed by atoms with Gasteiger partial charge in [0.05, 0.1) is 16.7 Å². The van der Waals surface area contributed by atoms with E-state index >= 15 is 0 Å². The Hall–Kier alpha value is -5.01. The topological polar surface area (TPSA) is 146 Å². The average Bonchev–Trinajstić information content (AvgIpc) is 3.25. The number of amides is 2. The van der Waals surface area contributed by atoms with Crippen LogP contribution in [0, 0.1) is 21.7 Å². The van der Waals surface area contributed by atoms with Gasteiger partial charge in [0.25, 0.3) is 5.91 Å². The second-order valence-electron chi connectivity index (χ2n) is 10.2. The van der Waals surface area contributed by atoms with E-state index in [1.165, 1.54) is 35.2 Å². The highest BCUT2D eigenvalue weighted by Gasteiger charge is 2.42. The summed E-state index contributed by atoms with van der Waals surface area (Å²) in [6.45, 7) is 9.45. The van der Waals surface area contributed by atoms with Gasteiger partial charge in [-0.1, -0.05) is 6.08 Å². The third kappa shape index (κ3) is 6.26. The molecule has 3 aromatic rings. The number of likely N-dealkylation sites (tertiary alicyclic amines) is 1. The smallest absolute Gasteiger partial charge is 0.410 e. The number of halogens is 2. The van der Waals surface area contributed by atoms with Crippen molar-refractivity contribution in [3.8, 4) is 17.2 Å². The van der Waals surface area contributed by atoms with Crippen molar-refractivity contribution in [3.63, 3.8) is 0 Å². The van der Waals surface area contributed by atoms with E-state index in [4.69, 9.17) is 15.2 Å². The normalized spacial score (nSPS) is 13.3. The number of nitrogens with zero attached hydrogens (tertiary/aromatic N) is 5. The van der Waals surface area contributed by atoms with E-state index in [2.05, 4.69) is 11.7 Å². The van der Waals surface area contributed by atoms with E-state index in [0.717, 1.165) is 22.9 Å². The molecule has 41 heavy (non-hydrogen) atoms. The number of nitrogens with two attached hydrogens (primary N) is 1. The lowest BCUT2D eigenvalue weighted by Gasteiger charge is -2.44. The van der Waals surface area contributed by atoms with E-state index in [0.29, 0.717) is 0 Å². The highest BCUT2D eigenvalue weighted by Crippen LogP contribution is 2.36. The Kier molecular flexibility index (Phi) is 7.94. The molecule has 2 aromatic carbocycles. The molecular weight excluding hydrogens is 542 g/mol. The molecule has 2 amide bonds. The van der Waals surface area contributed by atoms with Gasteiger partial charge < -0.3 is 25.0 Å². The lowest BCUT2D eigenvalue weighted by Crippen LogP contribution is -2.62. The summed E-state index contributed by atoms with van der Waals surface area (Å²) < 4.78 is 39.3. The number of carbonyl (C=O) groups is 2. The molecule has 0 bridgehead atoms. The minimum absolute atomic E-state index is 0.120. The summed E-state index contributed by atoms with van der Waals surface area (Å²) in [4.78, 5) is 39.3. The molecule has 4 rings (SSSR count). The second kappa shape index (κ2) is 11.2. The third-order valence-corrected chi connectivity index (χ3v) is 6.01. The van der Waals surface area contributed by atoms with Crippen LogP contribution in [0.3, 0.4) is 0 Å². The van der Waals surface area contributed by atoms with Crippen LogP contribution >= 0.6 is 0 Å². The number of nitro groups is 1. The molecule has 0 unspecified atom stereocenters. The number of rotatable bonds is 9. The molecule has 1 aliphatic heterocycles. The number of aromatic nitrogens is 2. The van der Waals surface area contributed by atoms with Crippen LogP contribution in [0.4, 0.5) is 25.1 Å². The van der Waals surface area contributed by atoms with Crippen LogP contribution in [0.5, 0.6) is 11.5 Å². The van der Waals surface area contributed by atoms with Crippen LogP contribution in [-0.2, 0) is 4.74 Å². The van der Waals surface area contributed by atoms with Gasteiger partial charge >= 0.3 is 11.8 Å². The highest BCUT2D eigenvalue weighted by molar-refractivity contribution is 5.98. The highest BCUT2D eigenvalue weighted by atomic mass is 19.1. The molecule has 1 aliphatic rings. The van der Waals surface area contributed by atoms with E-state index in [1.54, 1.807) is 25.7 Å². The minimum Gasteiger partial charge on any atom is -0.454 e. The molecule has 0 atom stereocenters. The number of benzene rings is 2. The maximum Gasteiger partial charge on any atom is 0.410 e. The summed E-state index contributed by atoms with van der Waals surface area (Å²) in [5.41, 5.74) is 4.00. The van der Waals surface area contributed by atoms with Gasteiger partial charge in [-0.15, -0.1) is 11.7 Å². The molecule has 0 spiro atoms. The predicted molar refractivity (Wildman–Crippen MR) is 144 cm³/mol. The molecular formula is C27H28F2N6O6. The number of hydrogen-bond donors (Lipinski definition) is 1. The van der Waals surface area contributed by atoms with Crippen molar-refractivity contribution in [2.24, 2.45) is 5.73 Å². The SMILES string of the molecule is C=CCN(c1nn(-c2ccc(Oc3cc(F)ccc3F)cc2)c(C(N)=O)c1[N+](=O)[O-])C1CN(C(=O)OC(C)(C)C)C1.